The maximum absolute atomic E-state index is 5.59. The lowest BCUT2D eigenvalue weighted by molar-refractivity contribution is 0.0270. The minimum Gasteiger partial charge on any atom is -0.381 e. The monoisotopic (exact) mass is 185 g/mol. The van der Waals surface area contributed by atoms with Crippen LogP contribution in [0.4, 0.5) is 0 Å². The van der Waals surface area contributed by atoms with Crippen LogP contribution >= 0.6 is 0 Å². The quantitative estimate of drug-likeness (QED) is 0.709. The number of rotatable bonds is 5. The first-order valence-corrected chi connectivity index (χ1v) is 5.55. The van der Waals surface area contributed by atoms with E-state index in [1.54, 1.807) is 0 Å². The molecule has 1 fully saturated rings. The van der Waals surface area contributed by atoms with Crippen LogP contribution in [-0.2, 0) is 4.74 Å². The minimum absolute atomic E-state index is 0.447. The van der Waals surface area contributed by atoms with E-state index in [1.165, 1.54) is 32.1 Å². The van der Waals surface area contributed by atoms with E-state index in [0.29, 0.717) is 5.41 Å². The third-order valence-electron chi connectivity index (χ3n) is 3.08. The highest BCUT2D eigenvalue weighted by molar-refractivity contribution is 4.84. The van der Waals surface area contributed by atoms with Crippen molar-refractivity contribution < 1.29 is 4.74 Å². The van der Waals surface area contributed by atoms with Gasteiger partial charge in [0.1, 0.15) is 0 Å². The zero-order valence-corrected chi connectivity index (χ0v) is 9.07. The van der Waals surface area contributed by atoms with Gasteiger partial charge in [0.05, 0.1) is 6.61 Å². The molecule has 0 atom stereocenters. The van der Waals surface area contributed by atoms with Gasteiger partial charge in [0.15, 0.2) is 0 Å². The summed E-state index contributed by atoms with van der Waals surface area (Å²) in [7, 11) is 2.04. The molecule has 1 N–H and O–H groups in total. The molecule has 1 saturated carbocycles. The highest BCUT2D eigenvalue weighted by atomic mass is 16.5. The Bertz CT molecular complexity index is 125. The summed E-state index contributed by atoms with van der Waals surface area (Å²) < 4.78 is 5.59. The third-order valence-corrected chi connectivity index (χ3v) is 3.08. The molecule has 0 aromatic heterocycles. The average Bonchev–Trinajstić information content (AvgIpc) is 2.17. The van der Waals surface area contributed by atoms with Gasteiger partial charge in [0, 0.05) is 18.6 Å². The Morgan fingerprint density at radius 2 is 1.92 bits per heavy atom. The molecule has 0 saturated heterocycles. The standard InChI is InChI=1S/C11H23NO/c1-3-13-10-11(9-12-2)7-5-4-6-8-11/h12H,3-10H2,1-2H3. The van der Waals surface area contributed by atoms with Crippen molar-refractivity contribution in [3.05, 3.63) is 0 Å². The first-order chi connectivity index (χ1) is 6.33. The van der Waals surface area contributed by atoms with Gasteiger partial charge in [-0.05, 0) is 26.8 Å². The molecule has 0 bridgehead atoms. The summed E-state index contributed by atoms with van der Waals surface area (Å²) in [5.74, 6) is 0. The Hall–Kier alpha value is -0.0800. The predicted octanol–water partition coefficient (Wildman–Crippen LogP) is 2.19. The van der Waals surface area contributed by atoms with E-state index in [4.69, 9.17) is 4.74 Å². The van der Waals surface area contributed by atoms with Crippen LogP contribution < -0.4 is 5.32 Å². The molecule has 1 rings (SSSR count). The normalized spacial score (nSPS) is 21.7. The maximum Gasteiger partial charge on any atom is 0.0534 e. The van der Waals surface area contributed by atoms with Crippen molar-refractivity contribution >= 4 is 0 Å². The van der Waals surface area contributed by atoms with E-state index in [0.717, 1.165) is 19.8 Å². The van der Waals surface area contributed by atoms with E-state index in [9.17, 15) is 0 Å². The second kappa shape index (κ2) is 5.61. The summed E-state index contributed by atoms with van der Waals surface area (Å²) in [6.07, 6.45) is 6.86. The topological polar surface area (TPSA) is 21.3 Å². The molecule has 1 aliphatic rings. The molecular formula is C11H23NO. The van der Waals surface area contributed by atoms with Crippen LogP contribution in [0.3, 0.4) is 0 Å². The Morgan fingerprint density at radius 1 is 1.23 bits per heavy atom. The highest BCUT2D eigenvalue weighted by Crippen LogP contribution is 2.35. The summed E-state index contributed by atoms with van der Waals surface area (Å²) in [6, 6.07) is 0. The molecule has 0 aromatic rings. The summed E-state index contributed by atoms with van der Waals surface area (Å²) in [5.41, 5.74) is 0.447. The van der Waals surface area contributed by atoms with Crippen molar-refractivity contribution in [1.82, 2.24) is 5.32 Å². The smallest absolute Gasteiger partial charge is 0.0534 e. The van der Waals surface area contributed by atoms with E-state index < -0.39 is 0 Å². The molecule has 78 valence electrons. The van der Waals surface area contributed by atoms with Crippen LogP contribution in [0.2, 0.25) is 0 Å². The van der Waals surface area contributed by atoms with Crippen molar-refractivity contribution in [3.8, 4) is 0 Å². The van der Waals surface area contributed by atoms with Crippen LogP contribution in [0.25, 0.3) is 0 Å². The van der Waals surface area contributed by atoms with Crippen LogP contribution in [0.15, 0.2) is 0 Å². The number of nitrogens with one attached hydrogen (secondary N) is 1. The van der Waals surface area contributed by atoms with Crippen molar-refractivity contribution in [1.29, 1.82) is 0 Å². The Labute approximate surface area is 82.0 Å². The summed E-state index contributed by atoms with van der Waals surface area (Å²) >= 11 is 0. The van der Waals surface area contributed by atoms with Gasteiger partial charge < -0.3 is 10.1 Å². The Balaban J connectivity index is 2.40. The van der Waals surface area contributed by atoms with E-state index in [2.05, 4.69) is 12.2 Å². The van der Waals surface area contributed by atoms with Gasteiger partial charge in [-0.3, -0.25) is 0 Å². The highest BCUT2D eigenvalue weighted by Gasteiger charge is 2.31. The zero-order valence-electron chi connectivity index (χ0n) is 9.07. The molecule has 2 nitrogen and oxygen atoms in total. The van der Waals surface area contributed by atoms with E-state index in [-0.39, 0.29) is 0 Å². The average molecular weight is 185 g/mol. The number of hydrogen-bond acceptors (Lipinski definition) is 2. The van der Waals surface area contributed by atoms with Crippen molar-refractivity contribution in [3.63, 3.8) is 0 Å². The largest absolute Gasteiger partial charge is 0.381 e. The lowest BCUT2D eigenvalue weighted by Crippen LogP contribution is -2.38. The molecule has 0 amide bonds. The van der Waals surface area contributed by atoms with E-state index in [1.807, 2.05) is 7.05 Å². The van der Waals surface area contributed by atoms with Crippen LogP contribution in [0, 0.1) is 5.41 Å². The molecule has 0 unspecified atom stereocenters. The Morgan fingerprint density at radius 3 is 2.46 bits per heavy atom. The van der Waals surface area contributed by atoms with Gasteiger partial charge in [-0.1, -0.05) is 19.3 Å². The molecule has 2 heteroatoms. The molecule has 0 aromatic carbocycles. The summed E-state index contributed by atoms with van der Waals surface area (Å²) in [5, 5.41) is 3.31. The van der Waals surface area contributed by atoms with Crippen molar-refractivity contribution in [2.45, 2.75) is 39.0 Å². The molecular weight excluding hydrogens is 162 g/mol. The van der Waals surface area contributed by atoms with E-state index >= 15 is 0 Å². The van der Waals surface area contributed by atoms with Gasteiger partial charge >= 0.3 is 0 Å². The maximum atomic E-state index is 5.59. The molecule has 1 aliphatic carbocycles. The lowest BCUT2D eigenvalue weighted by Gasteiger charge is -2.36. The second-order valence-electron chi connectivity index (χ2n) is 4.23. The lowest BCUT2D eigenvalue weighted by atomic mass is 9.74. The first-order valence-electron chi connectivity index (χ1n) is 5.55. The van der Waals surface area contributed by atoms with Gasteiger partial charge in [0.2, 0.25) is 0 Å². The molecule has 0 heterocycles. The van der Waals surface area contributed by atoms with Crippen molar-refractivity contribution in [2.75, 3.05) is 26.8 Å². The van der Waals surface area contributed by atoms with Gasteiger partial charge in [-0.25, -0.2) is 0 Å². The Kier molecular flexibility index (Phi) is 4.74. The number of hydrogen-bond donors (Lipinski definition) is 1. The molecule has 0 radical (unpaired) electrons. The zero-order chi connectivity index (χ0) is 9.57. The van der Waals surface area contributed by atoms with Crippen LogP contribution in [-0.4, -0.2) is 26.8 Å². The summed E-state index contributed by atoms with van der Waals surface area (Å²) in [6.45, 7) is 5.00. The van der Waals surface area contributed by atoms with Crippen molar-refractivity contribution in [2.24, 2.45) is 5.41 Å². The predicted molar refractivity (Wildman–Crippen MR) is 55.9 cm³/mol. The molecule has 13 heavy (non-hydrogen) atoms. The fraction of sp³-hybridized carbons (Fsp3) is 1.00. The molecule has 0 aliphatic heterocycles. The van der Waals surface area contributed by atoms with Gasteiger partial charge in [0.25, 0.3) is 0 Å². The van der Waals surface area contributed by atoms with Crippen LogP contribution in [0.1, 0.15) is 39.0 Å². The minimum atomic E-state index is 0.447. The first kappa shape index (κ1) is 11.0. The fourth-order valence-electron chi connectivity index (χ4n) is 2.37. The van der Waals surface area contributed by atoms with Gasteiger partial charge in [-0.2, -0.15) is 0 Å². The molecule has 0 spiro atoms. The van der Waals surface area contributed by atoms with Crippen LogP contribution in [0.5, 0.6) is 0 Å². The fourth-order valence-corrected chi connectivity index (χ4v) is 2.37. The van der Waals surface area contributed by atoms with Gasteiger partial charge in [-0.15, -0.1) is 0 Å². The number of ether oxygens (including phenoxy) is 1. The third kappa shape index (κ3) is 3.28. The second-order valence-corrected chi connectivity index (χ2v) is 4.23. The SMILES string of the molecule is CCOCC1(CNC)CCCCC1. The summed E-state index contributed by atoms with van der Waals surface area (Å²) in [4.78, 5) is 0.